The predicted octanol–water partition coefficient (Wildman–Crippen LogP) is 4.71. The van der Waals surface area contributed by atoms with E-state index < -0.39 is 11.9 Å². The monoisotopic (exact) mass is 622 g/mol. The zero-order valence-corrected chi connectivity index (χ0v) is 27.6. The second-order valence-corrected chi connectivity index (χ2v) is 12.4. The molecule has 8 bridgehead atoms. The number of Topliss-reactive ketones (excluding diaryl/α,β-unsaturated/α-hetero) is 1. The molecule has 1 saturated heterocycles. The van der Waals surface area contributed by atoms with Crippen molar-refractivity contribution in [3.63, 3.8) is 0 Å². The number of aromatic nitrogens is 3. The molecule has 1 aliphatic carbocycles. The molecular formula is C37H42N4O5. The number of hydrogen-bond acceptors (Lipinski definition) is 6. The Balaban J connectivity index is 1.69. The first-order chi connectivity index (χ1) is 22.0. The Kier molecular flexibility index (Phi) is 8.04. The number of carbonyl (C=O) groups excluding carboxylic acids is 3. The van der Waals surface area contributed by atoms with E-state index in [1.165, 1.54) is 12.7 Å². The SMILES string of the molecule is C=Cc1c2[nH]c(c1C)/C=C1\N/C(=C3\c4[nH]c(c(C)c4C(=O)[C@@H]3C(=O)OC)/C=c3\[nH]/c(c(C)c3CC)=C\2)[C@@H](CCC(=O)OCC)[C@@H]1C. The fraction of sp³-hybridized carbons (Fsp3) is 0.378. The van der Waals surface area contributed by atoms with E-state index in [2.05, 4.69) is 72.8 Å². The van der Waals surface area contributed by atoms with E-state index in [4.69, 9.17) is 9.47 Å². The van der Waals surface area contributed by atoms with E-state index in [1.54, 1.807) is 6.92 Å². The largest absolute Gasteiger partial charge is 0.468 e. The third-order valence-electron chi connectivity index (χ3n) is 10.0. The van der Waals surface area contributed by atoms with Gasteiger partial charge in [0.25, 0.3) is 0 Å². The summed E-state index contributed by atoms with van der Waals surface area (Å²) in [4.78, 5) is 50.8. The van der Waals surface area contributed by atoms with Gasteiger partial charge in [-0.1, -0.05) is 26.5 Å². The molecule has 3 aliphatic rings. The number of hydrogen-bond donors (Lipinski definition) is 4. The minimum Gasteiger partial charge on any atom is -0.468 e. The molecule has 3 aromatic heterocycles. The molecular weight excluding hydrogens is 580 g/mol. The van der Waals surface area contributed by atoms with Gasteiger partial charge in [-0.3, -0.25) is 14.4 Å². The quantitative estimate of drug-likeness (QED) is 0.223. The predicted molar refractivity (Wildman–Crippen MR) is 179 cm³/mol. The van der Waals surface area contributed by atoms with Gasteiger partial charge in [-0.05, 0) is 81.0 Å². The second kappa shape index (κ2) is 11.9. The van der Waals surface area contributed by atoms with Crippen molar-refractivity contribution < 1.29 is 23.9 Å². The Morgan fingerprint density at radius 3 is 2.35 bits per heavy atom. The first-order valence-corrected chi connectivity index (χ1v) is 16.0. The first kappa shape index (κ1) is 31.2. The van der Waals surface area contributed by atoms with Crippen LogP contribution < -0.4 is 16.0 Å². The van der Waals surface area contributed by atoms with Crippen molar-refractivity contribution in [1.82, 2.24) is 20.3 Å². The van der Waals surface area contributed by atoms with Crippen molar-refractivity contribution in [3.8, 4) is 0 Å². The van der Waals surface area contributed by atoms with E-state index >= 15 is 0 Å². The number of carbonyl (C=O) groups is 3. The zero-order valence-electron chi connectivity index (χ0n) is 27.6. The molecule has 1 fully saturated rings. The van der Waals surface area contributed by atoms with Gasteiger partial charge < -0.3 is 29.7 Å². The van der Waals surface area contributed by atoms with Gasteiger partial charge in [0.2, 0.25) is 0 Å². The molecule has 9 nitrogen and oxygen atoms in total. The van der Waals surface area contributed by atoms with Crippen LogP contribution in [0, 0.1) is 38.5 Å². The van der Waals surface area contributed by atoms with Crippen molar-refractivity contribution in [2.45, 2.75) is 60.8 Å². The van der Waals surface area contributed by atoms with Crippen LogP contribution in [0.15, 0.2) is 18.0 Å². The Labute approximate surface area is 268 Å². The Morgan fingerprint density at radius 1 is 0.957 bits per heavy atom. The van der Waals surface area contributed by atoms with Gasteiger partial charge in [-0.15, -0.1) is 0 Å². The molecule has 240 valence electrons. The molecule has 0 unspecified atom stereocenters. The maximum absolute atomic E-state index is 14.1. The summed E-state index contributed by atoms with van der Waals surface area (Å²) < 4.78 is 10.5. The van der Waals surface area contributed by atoms with E-state index in [0.29, 0.717) is 29.9 Å². The van der Waals surface area contributed by atoms with E-state index in [1.807, 2.05) is 13.0 Å². The summed E-state index contributed by atoms with van der Waals surface area (Å²) in [5.41, 5.74) is 11.2. The summed E-state index contributed by atoms with van der Waals surface area (Å²) in [6.07, 6.45) is 9.65. The second-order valence-electron chi connectivity index (χ2n) is 12.4. The molecule has 0 radical (unpaired) electrons. The molecule has 6 rings (SSSR count). The van der Waals surface area contributed by atoms with Crippen molar-refractivity contribution in [2.75, 3.05) is 13.7 Å². The number of nitrogens with one attached hydrogen (secondary N) is 4. The lowest BCUT2D eigenvalue weighted by atomic mass is 9.85. The minimum atomic E-state index is -1.12. The minimum absolute atomic E-state index is 0.0608. The number of aromatic amines is 3. The van der Waals surface area contributed by atoms with Crippen LogP contribution in [0.5, 0.6) is 0 Å². The fourth-order valence-corrected chi connectivity index (χ4v) is 7.50. The molecule has 5 heterocycles. The van der Waals surface area contributed by atoms with Crippen molar-refractivity contribution in [3.05, 3.63) is 84.8 Å². The van der Waals surface area contributed by atoms with Gasteiger partial charge in [0.1, 0.15) is 5.92 Å². The summed E-state index contributed by atoms with van der Waals surface area (Å²) in [5, 5.41) is 5.59. The number of ketones is 1. The topological polar surface area (TPSA) is 129 Å². The average molecular weight is 623 g/mol. The highest BCUT2D eigenvalue weighted by Crippen LogP contribution is 2.48. The highest BCUT2D eigenvalue weighted by Gasteiger charge is 2.48. The first-order valence-electron chi connectivity index (χ1n) is 16.0. The number of fused-ring (bicyclic) bond motifs is 7. The molecule has 0 amide bonds. The Hall–Kier alpha value is -4.79. The maximum Gasteiger partial charge on any atom is 0.321 e. The van der Waals surface area contributed by atoms with Crippen LogP contribution in [0.25, 0.3) is 29.9 Å². The van der Waals surface area contributed by atoms with E-state index in [-0.39, 0.29) is 30.0 Å². The number of methoxy groups -OCH3 is 1. The average Bonchev–Trinajstić information content (AvgIpc) is 3.77. The molecule has 0 spiro atoms. The van der Waals surface area contributed by atoms with Crippen LogP contribution in [-0.4, -0.2) is 46.4 Å². The zero-order chi connectivity index (χ0) is 33.0. The van der Waals surface area contributed by atoms with Gasteiger partial charge >= 0.3 is 11.9 Å². The highest BCUT2D eigenvalue weighted by atomic mass is 16.5. The molecule has 3 atom stereocenters. The van der Waals surface area contributed by atoms with Crippen molar-refractivity contribution in [1.29, 1.82) is 0 Å². The van der Waals surface area contributed by atoms with Crippen LogP contribution in [0.2, 0.25) is 0 Å². The van der Waals surface area contributed by atoms with Crippen molar-refractivity contribution >= 4 is 47.6 Å². The Morgan fingerprint density at radius 2 is 1.67 bits per heavy atom. The van der Waals surface area contributed by atoms with Crippen LogP contribution in [0.3, 0.4) is 0 Å². The summed E-state index contributed by atoms with van der Waals surface area (Å²) in [6.45, 7) is 16.5. The van der Waals surface area contributed by atoms with Crippen molar-refractivity contribution in [2.24, 2.45) is 17.8 Å². The third-order valence-corrected chi connectivity index (χ3v) is 10.0. The maximum atomic E-state index is 14.1. The third kappa shape index (κ3) is 4.80. The van der Waals surface area contributed by atoms with Crippen LogP contribution >= 0.6 is 0 Å². The summed E-state index contributed by atoms with van der Waals surface area (Å²) >= 11 is 0. The summed E-state index contributed by atoms with van der Waals surface area (Å²) in [5.74, 6) is -2.55. The number of ether oxygens (including phenoxy) is 2. The fourth-order valence-electron chi connectivity index (χ4n) is 7.50. The smallest absolute Gasteiger partial charge is 0.321 e. The normalized spacial score (nSPS) is 23.9. The van der Waals surface area contributed by atoms with E-state index in [9.17, 15) is 14.4 Å². The Bertz CT molecular complexity index is 2000. The van der Waals surface area contributed by atoms with Gasteiger partial charge in [0.05, 0.1) is 19.4 Å². The lowest BCUT2D eigenvalue weighted by molar-refractivity contribution is -0.143. The van der Waals surface area contributed by atoms with Gasteiger partial charge in [-0.2, -0.15) is 0 Å². The van der Waals surface area contributed by atoms with Crippen LogP contribution in [0.1, 0.15) is 94.6 Å². The lowest BCUT2D eigenvalue weighted by Crippen LogP contribution is -2.25. The molecule has 2 aliphatic heterocycles. The number of esters is 2. The molecule has 0 saturated carbocycles. The van der Waals surface area contributed by atoms with Crippen LogP contribution in [-0.2, 0) is 25.5 Å². The summed E-state index contributed by atoms with van der Waals surface area (Å²) in [7, 11) is 1.31. The van der Waals surface area contributed by atoms with Gasteiger partial charge in [0, 0.05) is 74.1 Å². The molecule has 3 aromatic rings. The lowest BCUT2D eigenvalue weighted by Gasteiger charge is -2.19. The van der Waals surface area contributed by atoms with Gasteiger partial charge in [-0.25, -0.2) is 0 Å². The highest BCUT2D eigenvalue weighted by molar-refractivity contribution is 6.24. The molecule has 4 N–H and O–H groups in total. The molecule has 9 heteroatoms. The standard InChI is InChI=1S/C37H42N4O5/c1-9-21-17(4)24-14-26-19(6)23(12-13-30(42)46-11-3)34(40-26)32-33(37(44)45-8)36(43)31-20(7)27(41-35(31)32)16-29-22(10-2)18(5)25(39-29)15-28(21)38-24/h9,14-16,19,23,33,38-41H,1,10-13H2,2-8H3/b25-15-,26-14-,29-16-,34-32-/t19-,23-,33+/m0/s1. The number of allylic oxidation sites excluding steroid dienone is 2. The van der Waals surface area contributed by atoms with Gasteiger partial charge in [0.15, 0.2) is 5.78 Å². The van der Waals surface area contributed by atoms with E-state index in [0.717, 1.165) is 67.8 Å². The molecule has 46 heavy (non-hydrogen) atoms. The summed E-state index contributed by atoms with van der Waals surface area (Å²) in [6, 6.07) is 0. The number of rotatable bonds is 7. The number of H-pyrrole nitrogens is 3. The molecule has 0 aromatic carbocycles. The van der Waals surface area contributed by atoms with Crippen LogP contribution in [0.4, 0.5) is 0 Å².